The normalized spacial score (nSPS) is 20.8. The van der Waals surface area contributed by atoms with E-state index in [1.54, 1.807) is 13.2 Å². The highest BCUT2D eigenvalue weighted by molar-refractivity contribution is 7.90. The van der Waals surface area contributed by atoms with E-state index in [9.17, 15) is 23.1 Å². The van der Waals surface area contributed by atoms with E-state index in [1.165, 1.54) is 19.3 Å². The largest absolute Gasteiger partial charge is 0.480 e. The number of methoxy groups -OCH3 is 1. The summed E-state index contributed by atoms with van der Waals surface area (Å²) < 4.78 is 35.3. The Labute approximate surface area is 249 Å². The average Bonchev–Trinajstić information content (AvgIpc) is 3.31. The average molecular weight is 601 g/mol. The summed E-state index contributed by atoms with van der Waals surface area (Å²) >= 11 is 0. The van der Waals surface area contributed by atoms with Crippen molar-refractivity contribution >= 4 is 21.7 Å². The Balaban J connectivity index is 1.57. The Bertz CT molecular complexity index is 1340. The molecular formula is C32H44N2O7S. The second kappa shape index (κ2) is 14.6. The van der Waals surface area contributed by atoms with Gasteiger partial charge in [0.1, 0.15) is 15.9 Å². The number of likely N-dealkylation sites (tertiary alicyclic amines) is 1. The first-order chi connectivity index (χ1) is 20.0. The van der Waals surface area contributed by atoms with Crippen molar-refractivity contribution in [1.82, 2.24) is 10.2 Å². The maximum Gasteiger partial charge on any atom is 0.326 e. The molecule has 0 aromatic heterocycles. The highest BCUT2D eigenvalue weighted by atomic mass is 32.2. The van der Waals surface area contributed by atoms with Crippen molar-refractivity contribution in [1.29, 1.82) is 0 Å². The van der Waals surface area contributed by atoms with Crippen LogP contribution in [0.25, 0.3) is 11.1 Å². The van der Waals surface area contributed by atoms with Gasteiger partial charge in [0.2, 0.25) is 0 Å². The van der Waals surface area contributed by atoms with E-state index in [1.807, 2.05) is 43.3 Å². The molecule has 1 saturated carbocycles. The van der Waals surface area contributed by atoms with Gasteiger partial charge in [0.25, 0.3) is 5.91 Å². The fraction of sp³-hybridized carbons (Fsp3) is 0.562. The van der Waals surface area contributed by atoms with Crippen molar-refractivity contribution in [2.45, 2.75) is 82.7 Å². The Hall–Kier alpha value is -2.79. The third-order valence-corrected chi connectivity index (χ3v) is 9.29. The summed E-state index contributed by atoms with van der Waals surface area (Å²) in [6.07, 6.45) is 8.26. The van der Waals surface area contributed by atoms with Crippen molar-refractivity contribution in [3.8, 4) is 11.1 Å². The standard InChI is InChI=1S/C32H44N2O7S/c1-22-9-7-8-12-27(22)29-17-23(13-14-28(29)31(35)33-30(32(36)37)15-16-42(3,38)39)19-34-20-26(18-24(34)21-40-2)41-25-10-5-4-6-11-25/h7-9,12-14,17,24-26,30H,4-6,10-11,15-16,18-21H2,1-3H3,(H,33,35)(H,36,37)/t24-,26-,30+/m1/s1. The van der Waals surface area contributed by atoms with Gasteiger partial charge in [0, 0.05) is 38.1 Å². The zero-order chi connectivity index (χ0) is 30.3. The Morgan fingerprint density at radius 1 is 1.07 bits per heavy atom. The van der Waals surface area contributed by atoms with Gasteiger partial charge >= 0.3 is 5.97 Å². The van der Waals surface area contributed by atoms with Crippen LogP contribution in [0.4, 0.5) is 0 Å². The molecule has 10 heteroatoms. The molecule has 2 fully saturated rings. The number of sulfone groups is 1. The van der Waals surface area contributed by atoms with Gasteiger partial charge in [0.15, 0.2) is 0 Å². The van der Waals surface area contributed by atoms with Crippen LogP contribution in [-0.2, 0) is 30.7 Å². The van der Waals surface area contributed by atoms with E-state index in [0.717, 1.165) is 48.8 Å². The smallest absolute Gasteiger partial charge is 0.326 e. The van der Waals surface area contributed by atoms with Crippen molar-refractivity contribution in [3.63, 3.8) is 0 Å². The number of ether oxygens (including phenoxy) is 2. The molecule has 0 spiro atoms. The first kappa shape index (κ1) is 32.1. The third-order valence-electron chi connectivity index (χ3n) is 8.32. The molecule has 42 heavy (non-hydrogen) atoms. The van der Waals surface area contributed by atoms with Crippen LogP contribution in [0.2, 0.25) is 0 Å². The molecule has 2 N–H and O–H groups in total. The topological polar surface area (TPSA) is 122 Å². The lowest BCUT2D eigenvalue weighted by molar-refractivity contribution is -0.139. The Morgan fingerprint density at radius 2 is 1.81 bits per heavy atom. The number of benzene rings is 2. The number of carboxylic acid groups (broad SMARTS) is 1. The lowest BCUT2D eigenvalue weighted by Crippen LogP contribution is -2.42. The van der Waals surface area contributed by atoms with Gasteiger partial charge in [0.05, 0.1) is 24.6 Å². The number of hydrogen-bond acceptors (Lipinski definition) is 7. The molecule has 0 bridgehead atoms. The number of aliphatic carboxylic acids is 1. The number of hydrogen-bond donors (Lipinski definition) is 2. The van der Waals surface area contributed by atoms with Crippen LogP contribution in [0.15, 0.2) is 42.5 Å². The SMILES string of the molecule is COC[C@H]1C[C@@H](OC2CCCCC2)CN1Cc1ccc(C(=O)N[C@@H](CCS(C)(=O)=O)C(=O)O)c(-c2ccccc2C)c1. The summed E-state index contributed by atoms with van der Waals surface area (Å²) in [5, 5.41) is 12.2. The summed E-state index contributed by atoms with van der Waals surface area (Å²) in [5.41, 5.74) is 3.92. The Morgan fingerprint density at radius 3 is 2.48 bits per heavy atom. The van der Waals surface area contributed by atoms with Crippen LogP contribution in [-0.4, -0.2) is 86.9 Å². The number of nitrogens with one attached hydrogen (secondary N) is 1. The number of amides is 1. The molecule has 1 heterocycles. The van der Waals surface area contributed by atoms with Gasteiger partial charge in [-0.25, -0.2) is 13.2 Å². The number of carbonyl (C=O) groups excluding carboxylic acids is 1. The van der Waals surface area contributed by atoms with Gasteiger partial charge in [-0.2, -0.15) is 0 Å². The van der Waals surface area contributed by atoms with Crippen molar-refractivity contribution in [3.05, 3.63) is 59.2 Å². The van der Waals surface area contributed by atoms with Gasteiger partial charge in [-0.15, -0.1) is 0 Å². The van der Waals surface area contributed by atoms with Crippen molar-refractivity contribution < 1.29 is 32.6 Å². The van der Waals surface area contributed by atoms with Crippen LogP contribution >= 0.6 is 0 Å². The number of aryl methyl sites for hydroxylation is 1. The quantitative estimate of drug-likeness (QED) is 0.351. The van der Waals surface area contributed by atoms with Crippen LogP contribution < -0.4 is 5.32 Å². The molecule has 0 radical (unpaired) electrons. The van der Waals surface area contributed by atoms with Crippen molar-refractivity contribution in [2.24, 2.45) is 0 Å². The molecule has 4 rings (SSSR count). The Kier molecular flexibility index (Phi) is 11.2. The monoisotopic (exact) mass is 600 g/mol. The zero-order valence-corrected chi connectivity index (χ0v) is 25.7. The highest BCUT2D eigenvalue weighted by Crippen LogP contribution is 2.31. The molecule has 2 aromatic carbocycles. The predicted octanol–water partition coefficient (Wildman–Crippen LogP) is 4.22. The number of carboxylic acids is 1. The van der Waals surface area contributed by atoms with E-state index in [4.69, 9.17) is 9.47 Å². The van der Waals surface area contributed by atoms with E-state index >= 15 is 0 Å². The fourth-order valence-corrected chi connectivity index (χ4v) is 6.78. The van der Waals surface area contributed by atoms with Crippen LogP contribution in [0, 0.1) is 6.92 Å². The van der Waals surface area contributed by atoms with Crippen LogP contribution in [0.3, 0.4) is 0 Å². The lowest BCUT2D eigenvalue weighted by atomic mass is 9.93. The maximum absolute atomic E-state index is 13.4. The molecule has 0 unspecified atom stereocenters. The summed E-state index contributed by atoms with van der Waals surface area (Å²) in [6, 6.07) is 12.3. The predicted molar refractivity (Wildman–Crippen MR) is 162 cm³/mol. The molecule has 1 aliphatic heterocycles. The maximum atomic E-state index is 13.4. The van der Waals surface area contributed by atoms with E-state index in [0.29, 0.717) is 30.4 Å². The molecule has 3 atom stereocenters. The lowest BCUT2D eigenvalue weighted by Gasteiger charge is -2.26. The molecule has 1 aliphatic carbocycles. The van der Waals surface area contributed by atoms with Crippen molar-refractivity contribution in [2.75, 3.05) is 32.3 Å². The molecule has 2 aromatic rings. The van der Waals surface area contributed by atoms with Gasteiger partial charge in [-0.05, 0) is 67.0 Å². The first-order valence-corrected chi connectivity index (χ1v) is 16.9. The summed E-state index contributed by atoms with van der Waals surface area (Å²) in [6.45, 7) is 4.05. The highest BCUT2D eigenvalue weighted by Gasteiger charge is 2.34. The van der Waals surface area contributed by atoms with Crippen LogP contribution in [0.5, 0.6) is 0 Å². The second-order valence-corrected chi connectivity index (χ2v) is 14.0. The minimum atomic E-state index is -3.39. The van der Waals surface area contributed by atoms with Gasteiger partial charge in [-0.1, -0.05) is 49.6 Å². The summed E-state index contributed by atoms with van der Waals surface area (Å²) in [4.78, 5) is 27.7. The first-order valence-electron chi connectivity index (χ1n) is 14.8. The van der Waals surface area contributed by atoms with E-state index < -0.39 is 27.8 Å². The summed E-state index contributed by atoms with van der Waals surface area (Å²) in [7, 11) is -1.67. The van der Waals surface area contributed by atoms with Gasteiger partial charge in [-0.3, -0.25) is 9.69 Å². The summed E-state index contributed by atoms with van der Waals surface area (Å²) in [5.74, 6) is -2.16. The van der Waals surface area contributed by atoms with Crippen LogP contribution in [0.1, 0.15) is 66.4 Å². The molecule has 1 saturated heterocycles. The number of rotatable bonds is 13. The van der Waals surface area contributed by atoms with E-state index in [2.05, 4.69) is 10.2 Å². The van der Waals surface area contributed by atoms with Gasteiger partial charge < -0.3 is 19.9 Å². The van der Waals surface area contributed by atoms with E-state index in [-0.39, 0.29) is 24.3 Å². The molecule has 2 aliphatic rings. The molecule has 1 amide bonds. The minimum absolute atomic E-state index is 0.161. The molecular weight excluding hydrogens is 556 g/mol. The third kappa shape index (κ3) is 8.86. The number of carbonyl (C=O) groups is 2. The zero-order valence-electron chi connectivity index (χ0n) is 24.9. The molecule has 9 nitrogen and oxygen atoms in total. The minimum Gasteiger partial charge on any atom is -0.480 e. The molecule has 230 valence electrons. The number of nitrogens with zero attached hydrogens (tertiary/aromatic N) is 1. The second-order valence-electron chi connectivity index (χ2n) is 11.8. The fourth-order valence-electron chi connectivity index (χ4n) is 6.11.